The SMILES string of the molecule is CC(C)n1ncc2cc(Oc3ccc([N+](=O)[O-])cc3F)c(Br)cc21. The van der Waals surface area contributed by atoms with E-state index < -0.39 is 10.7 Å². The van der Waals surface area contributed by atoms with Gasteiger partial charge in [-0.05, 0) is 48.0 Å². The zero-order valence-electron chi connectivity index (χ0n) is 12.9. The molecule has 0 saturated heterocycles. The summed E-state index contributed by atoms with van der Waals surface area (Å²) >= 11 is 3.41. The predicted molar refractivity (Wildman–Crippen MR) is 90.9 cm³/mol. The van der Waals surface area contributed by atoms with Crippen LogP contribution in [0.3, 0.4) is 0 Å². The van der Waals surface area contributed by atoms with Crippen LogP contribution in [-0.2, 0) is 0 Å². The van der Waals surface area contributed by atoms with E-state index in [2.05, 4.69) is 21.0 Å². The van der Waals surface area contributed by atoms with Crippen molar-refractivity contribution in [3.05, 3.63) is 56.9 Å². The van der Waals surface area contributed by atoms with E-state index in [9.17, 15) is 14.5 Å². The first-order chi connectivity index (χ1) is 11.4. The molecule has 0 fully saturated rings. The highest BCUT2D eigenvalue weighted by Gasteiger charge is 2.15. The maximum absolute atomic E-state index is 14.0. The van der Waals surface area contributed by atoms with E-state index in [1.165, 1.54) is 12.1 Å². The summed E-state index contributed by atoms with van der Waals surface area (Å²) in [6, 6.07) is 7.06. The van der Waals surface area contributed by atoms with E-state index in [1.54, 1.807) is 12.3 Å². The topological polar surface area (TPSA) is 70.2 Å². The van der Waals surface area contributed by atoms with Crippen LogP contribution >= 0.6 is 15.9 Å². The molecule has 1 heterocycles. The molecule has 2 aromatic carbocycles. The standard InChI is InChI=1S/C16H13BrFN3O3/c1-9(2)20-14-7-12(17)16(5-10(14)8-19-20)24-15-4-3-11(21(22)23)6-13(15)18/h3-9H,1-2H3. The van der Waals surface area contributed by atoms with Crippen molar-refractivity contribution in [2.75, 3.05) is 0 Å². The van der Waals surface area contributed by atoms with Crippen molar-refractivity contribution in [3.8, 4) is 11.5 Å². The summed E-state index contributed by atoms with van der Waals surface area (Å²) in [5.74, 6) is -0.482. The molecule has 0 amide bonds. The Bertz CT molecular complexity index is 940. The molecule has 0 radical (unpaired) electrons. The first-order valence-corrected chi connectivity index (χ1v) is 7.94. The van der Waals surface area contributed by atoms with Crippen LogP contribution in [0, 0.1) is 15.9 Å². The molecule has 0 unspecified atom stereocenters. The van der Waals surface area contributed by atoms with Crippen LogP contribution in [0.4, 0.5) is 10.1 Å². The molecular formula is C16H13BrFN3O3. The normalized spacial score (nSPS) is 11.2. The highest BCUT2D eigenvalue weighted by Crippen LogP contribution is 2.36. The van der Waals surface area contributed by atoms with E-state index in [-0.39, 0.29) is 17.5 Å². The number of aromatic nitrogens is 2. The van der Waals surface area contributed by atoms with Gasteiger partial charge in [-0.2, -0.15) is 5.10 Å². The Kier molecular flexibility index (Phi) is 4.23. The molecule has 124 valence electrons. The Hall–Kier alpha value is -2.48. The molecule has 24 heavy (non-hydrogen) atoms. The van der Waals surface area contributed by atoms with Gasteiger partial charge in [-0.15, -0.1) is 0 Å². The number of nitrogens with zero attached hydrogens (tertiary/aromatic N) is 3. The number of hydrogen-bond acceptors (Lipinski definition) is 4. The van der Waals surface area contributed by atoms with Crippen LogP contribution in [-0.4, -0.2) is 14.7 Å². The molecule has 0 saturated carbocycles. The number of fused-ring (bicyclic) bond motifs is 1. The molecule has 0 aliphatic rings. The van der Waals surface area contributed by atoms with Crippen molar-refractivity contribution in [1.29, 1.82) is 0 Å². The van der Waals surface area contributed by atoms with Crippen molar-refractivity contribution in [1.82, 2.24) is 9.78 Å². The molecule has 3 rings (SSSR count). The van der Waals surface area contributed by atoms with Gasteiger partial charge >= 0.3 is 0 Å². The summed E-state index contributed by atoms with van der Waals surface area (Å²) in [6.07, 6.45) is 1.71. The second-order valence-corrected chi connectivity index (χ2v) is 6.35. The summed E-state index contributed by atoms with van der Waals surface area (Å²) < 4.78 is 22.1. The Balaban J connectivity index is 1.98. The lowest BCUT2D eigenvalue weighted by atomic mass is 10.2. The Morgan fingerprint density at radius 3 is 2.67 bits per heavy atom. The molecule has 0 bridgehead atoms. The zero-order valence-corrected chi connectivity index (χ0v) is 14.4. The molecule has 3 aromatic rings. The maximum atomic E-state index is 14.0. The third-order valence-corrected chi connectivity index (χ3v) is 4.10. The number of nitro benzene ring substituents is 1. The number of non-ortho nitro benzene ring substituents is 1. The minimum Gasteiger partial charge on any atom is -0.453 e. The first kappa shape index (κ1) is 16.4. The van der Waals surface area contributed by atoms with Crippen molar-refractivity contribution in [3.63, 3.8) is 0 Å². The monoisotopic (exact) mass is 393 g/mol. The minimum atomic E-state index is -0.797. The van der Waals surface area contributed by atoms with Gasteiger partial charge in [-0.1, -0.05) is 0 Å². The van der Waals surface area contributed by atoms with E-state index >= 15 is 0 Å². The fraction of sp³-hybridized carbons (Fsp3) is 0.188. The van der Waals surface area contributed by atoms with E-state index in [0.717, 1.165) is 17.0 Å². The van der Waals surface area contributed by atoms with Gasteiger partial charge in [0.2, 0.25) is 0 Å². The quantitative estimate of drug-likeness (QED) is 0.449. The average Bonchev–Trinajstić information content (AvgIpc) is 2.92. The summed E-state index contributed by atoms with van der Waals surface area (Å²) in [5, 5.41) is 15.8. The highest BCUT2D eigenvalue weighted by molar-refractivity contribution is 9.10. The van der Waals surface area contributed by atoms with Crippen LogP contribution < -0.4 is 4.74 Å². The molecule has 6 nitrogen and oxygen atoms in total. The van der Waals surface area contributed by atoms with Crippen LogP contribution in [0.1, 0.15) is 19.9 Å². The molecule has 0 atom stereocenters. The summed E-state index contributed by atoms with van der Waals surface area (Å²) in [4.78, 5) is 10.0. The molecule has 1 aromatic heterocycles. The first-order valence-electron chi connectivity index (χ1n) is 7.15. The van der Waals surface area contributed by atoms with E-state index in [1.807, 2.05) is 24.6 Å². The fourth-order valence-electron chi connectivity index (χ4n) is 2.34. The summed E-state index contributed by atoms with van der Waals surface area (Å²) in [7, 11) is 0. The van der Waals surface area contributed by atoms with Crippen LogP contribution in [0.15, 0.2) is 41.0 Å². The van der Waals surface area contributed by atoms with Gasteiger partial charge in [0.1, 0.15) is 5.75 Å². The smallest absolute Gasteiger partial charge is 0.272 e. The predicted octanol–water partition coefficient (Wildman–Crippen LogP) is 5.22. The van der Waals surface area contributed by atoms with Gasteiger partial charge in [0, 0.05) is 17.5 Å². The third-order valence-electron chi connectivity index (χ3n) is 3.48. The van der Waals surface area contributed by atoms with E-state index in [4.69, 9.17) is 4.74 Å². The molecule has 8 heteroatoms. The van der Waals surface area contributed by atoms with Crippen LogP contribution in [0.5, 0.6) is 11.5 Å². The highest BCUT2D eigenvalue weighted by atomic mass is 79.9. The molecule has 0 spiro atoms. The van der Waals surface area contributed by atoms with Gasteiger partial charge in [0.15, 0.2) is 11.6 Å². The second kappa shape index (κ2) is 6.20. The maximum Gasteiger partial charge on any atom is 0.272 e. The van der Waals surface area contributed by atoms with Gasteiger partial charge in [-0.3, -0.25) is 14.8 Å². The van der Waals surface area contributed by atoms with Gasteiger partial charge in [-0.25, -0.2) is 4.39 Å². The zero-order chi connectivity index (χ0) is 17.4. The van der Waals surface area contributed by atoms with Gasteiger partial charge in [0.05, 0.1) is 27.2 Å². The molecule has 0 aliphatic carbocycles. The van der Waals surface area contributed by atoms with Crippen molar-refractivity contribution in [2.24, 2.45) is 0 Å². The lowest BCUT2D eigenvalue weighted by Crippen LogP contribution is -2.01. The minimum absolute atomic E-state index is 0.0862. The lowest BCUT2D eigenvalue weighted by molar-refractivity contribution is -0.385. The Morgan fingerprint density at radius 2 is 2.04 bits per heavy atom. The van der Waals surface area contributed by atoms with Crippen molar-refractivity contribution < 1.29 is 14.1 Å². The van der Waals surface area contributed by atoms with Gasteiger partial charge in [0.25, 0.3) is 5.69 Å². The molecule has 0 N–H and O–H groups in total. The number of halogens is 2. The van der Waals surface area contributed by atoms with Crippen molar-refractivity contribution >= 4 is 32.5 Å². The summed E-state index contributed by atoms with van der Waals surface area (Å²) in [6.45, 7) is 4.05. The van der Waals surface area contributed by atoms with Crippen LogP contribution in [0.25, 0.3) is 10.9 Å². The Morgan fingerprint density at radius 1 is 1.29 bits per heavy atom. The fourth-order valence-corrected chi connectivity index (χ4v) is 2.75. The second-order valence-electron chi connectivity index (χ2n) is 5.50. The average molecular weight is 394 g/mol. The van der Waals surface area contributed by atoms with E-state index in [0.29, 0.717) is 10.2 Å². The lowest BCUT2D eigenvalue weighted by Gasteiger charge is -2.11. The van der Waals surface area contributed by atoms with Crippen molar-refractivity contribution in [2.45, 2.75) is 19.9 Å². The largest absolute Gasteiger partial charge is 0.453 e. The number of hydrogen-bond donors (Lipinski definition) is 0. The number of nitro groups is 1. The number of ether oxygens (including phenoxy) is 1. The Labute approximate surface area is 145 Å². The number of rotatable bonds is 4. The molecular weight excluding hydrogens is 381 g/mol. The summed E-state index contributed by atoms with van der Waals surface area (Å²) in [5.41, 5.74) is 0.598. The molecule has 0 aliphatic heterocycles. The third kappa shape index (κ3) is 2.96. The van der Waals surface area contributed by atoms with Gasteiger partial charge < -0.3 is 4.74 Å². The number of benzene rings is 2. The van der Waals surface area contributed by atoms with Crippen LogP contribution in [0.2, 0.25) is 0 Å².